The molecular formula is C17H23N3O4S. The van der Waals surface area contributed by atoms with Gasteiger partial charge in [-0.1, -0.05) is 6.92 Å². The molecular weight excluding hydrogens is 342 g/mol. The maximum absolute atomic E-state index is 12.4. The predicted octanol–water partition coefficient (Wildman–Crippen LogP) is 1.17. The Morgan fingerprint density at radius 1 is 1.16 bits per heavy atom. The first kappa shape index (κ1) is 17.9. The molecule has 2 atom stereocenters. The molecule has 0 bridgehead atoms. The highest BCUT2D eigenvalue weighted by atomic mass is 32.2. The van der Waals surface area contributed by atoms with Gasteiger partial charge in [-0.05, 0) is 49.4 Å². The van der Waals surface area contributed by atoms with Gasteiger partial charge in [0.2, 0.25) is 21.8 Å². The molecule has 1 aliphatic heterocycles. The van der Waals surface area contributed by atoms with Gasteiger partial charge in [0.25, 0.3) is 0 Å². The molecule has 136 valence electrons. The van der Waals surface area contributed by atoms with Crippen LogP contribution < -0.4 is 10.5 Å². The molecule has 1 saturated heterocycles. The molecule has 2 fully saturated rings. The fraction of sp³-hybridized carbons (Fsp3) is 0.529. The topological polar surface area (TPSA) is 110 Å². The van der Waals surface area contributed by atoms with E-state index in [-0.39, 0.29) is 28.5 Å². The average Bonchev–Trinajstić information content (AvgIpc) is 3.31. The number of hydrogen-bond acceptors (Lipinski definition) is 4. The first-order valence-corrected chi connectivity index (χ1v) is 10.0. The summed E-state index contributed by atoms with van der Waals surface area (Å²) in [4.78, 5) is 26.5. The first-order valence-electron chi connectivity index (χ1n) is 8.48. The fourth-order valence-electron chi connectivity index (χ4n) is 3.24. The second-order valence-corrected chi connectivity index (χ2v) is 8.54. The van der Waals surface area contributed by atoms with E-state index in [1.165, 1.54) is 24.3 Å². The van der Waals surface area contributed by atoms with Gasteiger partial charge in [0.1, 0.15) is 0 Å². The molecule has 3 rings (SSSR count). The summed E-state index contributed by atoms with van der Waals surface area (Å²) in [6, 6.07) is 5.77. The molecule has 1 aromatic rings. The predicted molar refractivity (Wildman–Crippen MR) is 93.0 cm³/mol. The highest BCUT2D eigenvalue weighted by Gasteiger charge is 2.42. The van der Waals surface area contributed by atoms with Gasteiger partial charge in [-0.2, -0.15) is 0 Å². The van der Waals surface area contributed by atoms with E-state index in [2.05, 4.69) is 12.2 Å². The summed E-state index contributed by atoms with van der Waals surface area (Å²) in [5, 5.41) is 7.85. The van der Waals surface area contributed by atoms with E-state index in [4.69, 9.17) is 5.14 Å². The molecule has 0 radical (unpaired) electrons. The third-order valence-corrected chi connectivity index (χ3v) is 5.98. The minimum atomic E-state index is -3.74. The van der Waals surface area contributed by atoms with Crippen molar-refractivity contribution in [1.29, 1.82) is 0 Å². The molecule has 1 saturated carbocycles. The van der Waals surface area contributed by atoms with E-state index >= 15 is 0 Å². The van der Waals surface area contributed by atoms with E-state index in [9.17, 15) is 18.0 Å². The number of likely N-dealkylation sites (tertiary alicyclic amines) is 1. The van der Waals surface area contributed by atoms with Crippen molar-refractivity contribution in [3.05, 3.63) is 24.3 Å². The number of nitrogens with one attached hydrogen (secondary N) is 1. The lowest BCUT2D eigenvalue weighted by Crippen LogP contribution is -2.42. The largest absolute Gasteiger partial charge is 0.342 e. The van der Waals surface area contributed by atoms with Crippen molar-refractivity contribution >= 4 is 27.5 Å². The number of anilines is 1. The Bertz CT molecular complexity index is 768. The number of amides is 2. The van der Waals surface area contributed by atoms with Gasteiger partial charge in [-0.25, -0.2) is 13.6 Å². The molecule has 1 heterocycles. The normalized spacial score (nSPS) is 24.0. The Morgan fingerprint density at radius 3 is 2.20 bits per heavy atom. The number of rotatable bonds is 4. The Kier molecular flexibility index (Phi) is 4.83. The molecule has 7 nitrogen and oxygen atoms in total. The first-order chi connectivity index (χ1) is 11.8. The Hall–Kier alpha value is -1.93. The van der Waals surface area contributed by atoms with Gasteiger partial charge in [0, 0.05) is 30.6 Å². The lowest BCUT2D eigenvalue weighted by atomic mass is 9.95. The van der Waals surface area contributed by atoms with E-state index < -0.39 is 10.0 Å². The molecule has 3 N–H and O–H groups in total. The molecule has 2 amide bonds. The number of piperidine rings is 1. The number of carbonyl (C=O) groups is 2. The maximum Gasteiger partial charge on any atom is 0.238 e. The molecule has 8 heteroatoms. The number of primary sulfonamides is 1. The van der Waals surface area contributed by atoms with Gasteiger partial charge in [-0.3, -0.25) is 9.59 Å². The summed E-state index contributed by atoms with van der Waals surface area (Å²) in [7, 11) is -3.74. The van der Waals surface area contributed by atoms with Crippen LogP contribution >= 0.6 is 0 Å². The second kappa shape index (κ2) is 6.76. The third-order valence-electron chi connectivity index (χ3n) is 5.05. The minimum absolute atomic E-state index is 0.00613. The quantitative estimate of drug-likeness (QED) is 0.834. The van der Waals surface area contributed by atoms with Crippen molar-refractivity contribution in [2.45, 2.75) is 31.1 Å². The summed E-state index contributed by atoms with van der Waals surface area (Å²) < 4.78 is 22.5. The highest BCUT2D eigenvalue weighted by Crippen LogP contribution is 2.39. The van der Waals surface area contributed by atoms with E-state index in [1.807, 2.05) is 4.90 Å². The van der Waals surface area contributed by atoms with Crippen molar-refractivity contribution in [2.75, 3.05) is 18.4 Å². The van der Waals surface area contributed by atoms with E-state index in [1.54, 1.807) is 0 Å². The SMILES string of the molecule is C[C@@H]1C[C@@H]1C(=O)N1CCC(C(=O)Nc2ccc(S(N)(=O)=O)cc2)CC1. The van der Waals surface area contributed by atoms with E-state index in [0.29, 0.717) is 37.5 Å². The Morgan fingerprint density at radius 2 is 1.72 bits per heavy atom. The van der Waals surface area contributed by atoms with Crippen LogP contribution in [-0.2, 0) is 19.6 Å². The van der Waals surface area contributed by atoms with Gasteiger partial charge in [0.05, 0.1) is 4.90 Å². The standard InChI is InChI=1S/C17H23N3O4S/c1-11-10-15(11)17(22)20-8-6-12(7-9-20)16(21)19-13-2-4-14(5-3-13)25(18,23)24/h2-5,11-12,15H,6-10H2,1H3,(H,19,21)(H2,18,23,24)/t11-,15+/m1/s1. The zero-order valence-corrected chi connectivity index (χ0v) is 15.0. The summed E-state index contributed by atoms with van der Waals surface area (Å²) >= 11 is 0. The zero-order valence-electron chi connectivity index (χ0n) is 14.1. The van der Waals surface area contributed by atoms with Crippen molar-refractivity contribution in [1.82, 2.24) is 4.90 Å². The highest BCUT2D eigenvalue weighted by molar-refractivity contribution is 7.89. The van der Waals surface area contributed by atoms with Crippen molar-refractivity contribution in [2.24, 2.45) is 22.9 Å². The van der Waals surface area contributed by atoms with Crippen LogP contribution in [0.3, 0.4) is 0 Å². The van der Waals surface area contributed by atoms with Crippen LogP contribution in [0.5, 0.6) is 0 Å². The van der Waals surface area contributed by atoms with Crippen LogP contribution in [0.2, 0.25) is 0 Å². The minimum Gasteiger partial charge on any atom is -0.342 e. The Balaban J connectivity index is 1.52. The molecule has 0 unspecified atom stereocenters. The summed E-state index contributed by atoms with van der Waals surface area (Å²) in [5.41, 5.74) is 0.530. The van der Waals surface area contributed by atoms with Crippen molar-refractivity contribution in [3.63, 3.8) is 0 Å². The smallest absolute Gasteiger partial charge is 0.238 e. The third kappa shape index (κ3) is 4.19. The molecule has 25 heavy (non-hydrogen) atoms. The van der Waals surface area contributed by atoms with Crippen LogP contribution in [0, 0.1) is 17.8 Å². The van der Waals surface area contributed by atoms with Crippen LogP contribution in [0.15, 0.2) is 29.2 Å². The second-order valence-electron chi connectivity index (χ2n) is 6.98. The van der Waals surface area contributed by atoms with Crippen LogP contribution in [-0.4, -0.2) is 38.2 Å². The molecule has 2 aliphatic rings. The maximum atomic E-state index is 12.4. The molecule has 0 aromatic heterocycles. The molecule has 1 aliphatic carbocycles. The van der Waals surface area contributed by atoms with Crippen LogP contribution in [0.1, 0.15) is 26.2 Å². The fourth-order valence-corrected chi connectivity index (χ4v) is 3.75. The summed E-state index contributed by atoms with van der Waals surface area (Å²) in [5.74, 6) is 0.662. The number of hydrogen-bond donors (Lipinski definition) is 2. The van der Waals surface area contributed by atoms with Gasteiger partial charge < -0.3 is 10.2 Å². The Labute approximate surface area is 147 Å². The van der Waals surface area contributed by atoms with Crippen molar-refractivity contribution < 1.29 is 18.0 Å². The monoisotopic (exact) mass is 365 g/mol. The lowest BCUT2D eigenvalue weighted by molar-refractivity contribution is -0.136. The van der Waals surface area contributed by atoms with Gasteiger partial charge >= 0.3 is 0 Å². The summed E-state index contributed by atoms with van der Waals surface area (Å²) in [6.07, 6.45) is 2.27. The summed E-state index contributed by atoms with van der Waals surface area (Å²) in [6.45, 7) is 3.32. The van der Waals surface area contributed by atoms with Crippen molar-refractivity contribution in [3.8, 4) is 0 Å². The van der Waals surface area contributed by atoms with Crippen LogP contribution in [0.4, 0.5) is 5.69 Å². The zero-order chi connectivity index (χ0) is 18.2. The lowest BCUT2D eigenvalue weighted by Gasteiger charge is -2.31. The van der Waals surface area contributed by atoms with Gasteiger partial charge in [0.15, 0.2) is 0 Å². The van der Waals surface area contributed by atoms with Crippen LogP contribution in [0.25, 0.3) is 0 Å². The number of nitrogens with two attached hydrogens (primary N) is 1. The average molecular weight is 365 g/mol. The van der Waals surface area contributed by atoms with E-state index in [0.717, 1.165) is 6.42 Å². The van der Waals surface area contributed by atoms with Gasteiger partial charge in [-0.15, -0.1) is 0 Å². The number of carbonyl (C=O) groups excluding carboxylic acids is 2. The number of benzene rings is 1. The number of sulfonamides is 1. The molecule has 0 spiro atoms. The number of nitrogens with zero attached hydrogens (tertiary/aromatic N) is 1. The molecule has 1 aromatic carbocycles.